The van der Waals surface area contributed by atoms with Crippen LogP contribution >= 0.6 is 0 Å². The van der Waals surface area contributed by atoms with Gasteiger partial charge in [-0.1, -0.05) is 30.3 Å². The first kappa shape index (κ1) is 21.3. The Morgan fingerprint density at radius 1 is 1.00 bits per heavy atom. The standard InChI is InChI=1S/C22H27NO5/c1-22(2,3)28-21(25)23-14-18-13-17(9-10-19(18)26-4)16-8-6-7-15(11-16)12-20(24)27-5/h6-11,13H,12,14H2,1-5H3,(H,23,25). The molecule has 28 heavy (non-hydrogen) atoms. The van der Waals surface area contributed by atoms with Gasteiger partial charge in [0.2, 0.25) is 0 Å². The number of esters is 1. The summed E-state index contributed by atoms with van der Waals surface area (Å²) in [5.41, 5.74) is 3.05. The molecule has 0 spiro atoms. The summed E-state index contributed by atoms with van der Waals surface area (Å²) in [6.45, 7) is 5.72. The molecule has 0 heterocycles. The van der Waals surface area contributed by atoms with Gasteiger partial charge in [0.1, 0.15) is 11.4 Å². The summed E-state index contributed by atoms with van der Waals surface area (Å²) in [5.74, 6) is 0.389. The summed E-state index contributed by atoms with van der Waals surface area (Å²) in [7, 11) is 2.96. The third-order valence-corrected chi connectivity index (χ3v) is 3.94. The van der Waals surface area contributed by atoms with Gasteiger partial charge in [-0.05, 0) is 49.6 Å². The average Bonchev–Trinajstić information content (AvgIpc) is 2.65. The molecule has 6 heteroatoms. The maximum Gasteiger partial charge on any atom is 0.407 e. The number of benzene rings is 2. The van der Waals surface area contributed by atoms with Gasteiger partial charge in [0.25, 0.3) is 0 Å². The molecule has 2 aromatic rings. The number of carbonyl (C=O) groups is 2. The Labute approximate surface area is 165 Å². The van der Waals surface area contributed by atoms with E-state index in [2.05, 4.69) is 5.32 Å². The molecule has 0 saturated carbocycles. The van der Waals surface area contributed by atoms with E-state index in [-0.39, 0.29) is 18.9 Å². The van der Waals surface area contributed by atoms with Gasteiger partial charge in [-0.15, -0.1) is 0 Å². The molecule has 0 aliphatic carbocycles. The van der Waals surface area contributed by atoms with Gasteiger partial charge in [0.05, 0.1) is 20.6 Å². The van der Waals surface area contributed by atoms with Crippen LogP contribution in [0.15, 0.2) is 42.5 Å². The van der Waals surface area contributed by atoms with Crippen molar-refractivity contribution in [3.63, 3.8) is 0 Å². The van der Waals surface area contributed by atoms with E-state index in [9.17, 15) is 9.59 Å². The van der Waals surface area contributed by atoms with Crippen molar-refractivity contribution < 1.29 is 23.8 Å². The van der Waals surface area contributed by atoms with E-state index in [0.717, 1.165) is 22.3 Å². The summed E-state index contributed by atoms with van der Waals surface area (Å²) in [4.78, 5) is 23.5. The van der Waals surface area contributed by atoms with Crippen LogP contribution in [0.2, 0.25) is 0 Å². The second-order valence-corrected chi connectivity index (χ2v) is 7.34. The lowest BCUT2D eigenvalue weighted by Gasteiger charge is -2.20. The molecule has 6 nitrogen and oxygen atoms in total. The van der Waals surface area contributed by atoms with Gasteiger partial charge in [-0.2, -0.15) is 0 Å². The molecule has 0 fully saturated rings. The number of methoxy groups -OCH3 is 2. The van der Waals surface area contributed by atoms with E-state index >= 15 is 0 Å². The van der Waals surface area contributed by atoms with Crippen LogP contribution in [-0.4, -0.2) is 31.9 Å². The van der Waals surface area contributed by atoms with E-state index < -0.39 is 11.7 Å². The molecule has 1 N–H and O–H groups in total. The first-order valence-corrected chi connectivity index (χ1v) is 9.01. The molecule has 0 aliphatic heterocycles. The number of hydrogen-bond donors (Lipinski definition) is 1. The summed E-state index contributed by atoms with van der Waals surface area (Å²) < 4.78 is 15.4. The average molecular weight is 385 g/mol. The minimum Gasteiger partial charge on any atom is -0.496 e. The molecule has 150 valence electrons. The van der Waals surface area contributed by atoms with Crippen molar-refractivity contribution in [1.82, 2.24) is 5.32 Å². The Morgan fingerprint density at radius 3 is 2.36 bits per heavy atom. The molecule has 0 radical (unpaired) electrons. The summed E-state index contributed by atoms with van der Waals surface area (Å²) in [5, 5.41) is 2.75. The first-order valence-electron chi connectivity index (χ1n) is 9.01. The van der Waals surface area contributed by atoms with E-state index in [1.165, 1.54) is 7.11 Å². The number of hydrogen-bond acceptors (Lipinski definition) is 5. The lowest BCUT2D eigenvalue weighted by atomic mass is 9.99. The minimum atomic E-state index is -0.559. The Morgan fingerprint density at radius 2 is 1.71 bits per heavy atom. The number of amides is 1. The van der Waals surface area contributed by atoms with Crippen LogP contribution in [0.25, 0.3) is 11.1 Å². The normalized spacial score (nSPS) is 10.9. The molecule has 2 aromatic carbocycles. The lowest BCUT2D eigenvalue weighted by molar-refractivity contribution is -0.139. The van der Waals surface area contributed by atoms with Crippen LogP contribution < -0.4 is 10.1 Å². The highest BCUT2D eigenvalue weighted by atomic mass is 16.6. The maximum absolute atomic E-state index is 11.9. The molecule has 0 atom stereocenters. The number of alkyl carbamates (subject to hydrolysis) is 1. The van der Waals surface area contributed by atoms with Crippen molar-refractivity contribution in [2.45, 2.75) is 39.3 Å². The zero-order valence-corrected chi connectivity index (χ0v) is 17.0. The minimum absolute atomic E-state index is 0.216. The number of carbonyl (C=O) groups excluding carboxylic acids is 2. The van der Waals surface area contributed by atoms with Crippen molar-refractivity contribution in [1.29, 1.82) is 0 Å². The zero-order valence-electron chi connectivity index (χ0n) is 17.0. The lowest BCUT2D eigenvalue weighted by Crippen LogP contribution is -2.32. The van der Waals surface area contributed by atoms with Crippen LogP contribution in [0, 0.1) is 0 Å². The Balaban J connectivity index is 2.21. The molecular weight excluding hydrogens is 358 g/mol. The number of nitrogens with one attached hydrogen (secondary N) is 1. The van der Waals surface area contributed by atoms with E-state index in [1.807, 2.05) is 63.2 Å². The Bertz CT molecular complexity index is 839. The third kappa shape index (κ3) is 6.30. The van der Waals surface area contributed by atoms with Crippen molar-refractivity contribution in [2.24, 2.45) is 0 Å². The molecule has 1 amide bonds. The quantitative estimate of drug-likeness (QED) is 0.758. The molecule has 0 aromatic heterocycles. The van der Waals surface area contributed by atoms with Crippen LogP contribution in [0.1, 0.15) is 31.9 Å². The molecule has 0 bridgehead atoms. The smallest absolute Gasteiger partial charge is 0.407 e. The maximum atomic E-state index is 11.9. The topological polar surface area (TPSA) is 73.9 Å². The van der Waals surface area contributed by atoms with Crippen LogP contribution in [-0.2, 0) is 27.2 Å². The van der Waals surface area contributed by atoms with Crippen molar-refractivity contribution >= 4 is 12.1 Å². The van der Waals surface area contributed by atoms with Gasteiger partial charge >= 0.3 is 12.1 Å². The third-order valence-electron chi connectivity index (χ3n) is 3.94. The van der Waals surface area contributed by atoms with Gasteiger partial charge in [0.15, 0.2) is 0 Å². The molecule has 0 unspecified atom stereocenters. The molecule has 0 aliphatic rings. The van der Waals surface area contributed by atoms with Crippen LogP contribution in [0.3, 0.4) is 0 Å². The highest BCUT2D eigenvalue weighted by molar-refractivity contribution is 5.74. The SMILES string of the molecule is COC(=O)Cc1cccc(-c2ccc(OC)c(CNC(=O)OC(C)(C)C)c2)c1. The van der Waals surface area contributed by atoms with Gasteiger partial charge in [-0.25, -0.2) is 4.79 Å². The van der Waals surface area contributed by atoms with Crippen LogP contribution in [0.4, 0.5) is 4.79 Å². The highest BCUT2D eigenvalue weighted by Crippen LogP contribution is 2.27. The fraction of sp³-hybridized carbons (Fsp3) is 0.364. The predicted octanol–water partition coefficient (Wildman–Crippen LogP) is 4.10. The van der Waals surface area contributed by atoms with Crippen molar-refractivity contribution in [3.05, 3.63) is 53.6 Å². The van der Waals surface area contributed by atoms with Gasteiger partial charge in [-0.3, -0.25) is 4.79 Å². The first-order chi connectivity index (χ1) is 13.2. The molecule has 0 saturated heterocycles. The summed E-state index contributed by atoms with van der Waals surface area (Å²) in [6.07, 6.45) is -0.270. The number of ether oxygens (including phenoxy) is 3. The second-order valence-electron chi connectivity index (χ2n) is 7.34. The Hall–Kier alpha value is -3.02. The Kier molecular flexibility index (Phi) is 7.04. The fourth-order valence-electron chi connectivity index (χ4n) is 2.68. The molecular formula is C22H27NO5. The van der Waals surface area contributed by atoms with E-state index in [1.54, 1.807) is 7.11 Å². The number of rotatable bonds is 6. The highest BCUT2D eigenvalue weighted by Gasteiger charge is 2.16. The summed E-state index contributed by atoms with van der Waals surface area (Å²) >= 11 is 0. The molecule has 2 rings (SSSR count). The van der Waals surface area contributed by atoms with Crippen molar-refractivity contribution in [2.75, 3.05) is 14.2 Å². The van der Waals surface area contributed by atoms with Gasteiger partial charge in [0, 0.05) is 12.1 Å². The fourth-order valence-corrected chi connectivity index (χ4v) is 2.68. The van der Waals surface area contributed by atoms with E-state index in [4.69, 9.17) is 14.2 Å². The predicted molar refractivity (Wildman–Crippen MR) is 107 cm³/mol. The second kappa shape index (κ2) is 9.26. The van der Waals surface area contributed by atoms with Gasteiger partial charge < -0.3 is 19.5 Å². The largest absolute Gasteiger partial charge is 0.496 e. The zero-order chi connectivity index (χ0) is 20.7. The van der Waals surface area contributed by atoms with E-state index in [0.29, 0.717) is 5.75 Å². The monoisotopic (exact) mass is 385 g/mol. The summed E-state index contributed by atoms with van der Waals surface area (Å²) in [6, 6.07) is 13.4. The van der Waals surface area contributed by atoms with Crippen LogP contribution in [0.5, 0.6) is 5.75 Å². The van der Waals surface area contributed by atoms with Crippen molar-refractivity contribution in [3.8, 4) is 16.9 Å².